The van der Waals surface area contributed by atoms with Crippen LogP contribution in [-0.2, 0) is 0 Å². The van der Waals surface area contributed by atoms with Crippen molar-refractivity contribution in [3.05, 3.63) is 237 Å². The molecule has 0 aliphatic rings. The molecule has 0 amide bonds. The SMILES string of the molecule is c1ccc(-c2ccc(-c3nc(-c4ccccc4)nc(-c4cccc(-c5ccc6ccccc6c5-c5ccc(-c6ccc7c8ccccc8c8ccccc8c7c6)cc5)c4)n3)cc2)cc1. The summed E-state index contributed by atoms with van der Waals surface area (Å²) in [6.07, 6.45) is 0. The van der Waals surface area contributed by atoms with Gasteiger partial charge in [0.2, 0.25) is 0 Å². The molecule has 298 valence electrons. The third kappa shape index (κ3) is 6.68. The van der Waals surface area contributed by atoms with Gasteiger partial charge in [-0.25, -0.2) is 15.0 Å². The van der Waals surface area contributed by atoms with Crippen molar-refractivity contribution in [1.82, 2.24) is 15.0 Å². The lowest BCUT2D eigenvalue weighted by Gasteiger charge is -2.16. The molecule has 0 atom stereocenters. The quantitative estimate of drug-likeness (QED) is 0.150. The Kier molecular flexibility index (Phi) is 9.16. The zero-order valence-corrected chi connectivity index (χ0v) is 34.9. The molecule has 0 unspecified atom stereocenters. The second-order valence-corrected chi connectivity index (χ2v) is 16.3. The van der Waals surface area contributed by atoms with Gasteiger partial charge in [0, 0.05) is 16.7 Å². The minimum Gasteiger partial charge on any atom is -0.208 e. The Hall–Kier alpha value is -8.53. The van der Waals surface area contributed by atoms with Crippen LogP contribution in [0.1, 0.15) is 0 Å². The largest absolute Gasteiger partial charge is 0.208 e. The van der Waals surface area contributed by atoms with Gasteiger partial charge in [-0.15, -0.1) is 0 Å². The second-order valence-electron chi connectivity index (χ2n) is 16.3. The fourth-order valence-electron chi connectivity index (χ4n) is 9.36. The molecule has 64 heavy (non-hydrogen) atoms. The van der Waals surface area contributed by atoms with E-state index in [1.807, 2.05) is 36.4 Å². The van der Waals surface area contributed by atoms with Gasteiger partial charge in [0.25, 0.3) is 0 Å². The van der Waals surface area contributed by atoms with Gasteiger partial charge < -0.3 is 0 Å². The number of aromatic nitrogens is 3. The summed E-state index contributed by atoms with van der Waals surface area (Å²) in [4.78, 5) is 15.2. The molecule has 1 aromatic heterocycles. The summed E-state index contributed by atoms with van der Waals surface area (Å²) >= 11 is 0. The standard InChI is InChI=1S/C61H39N3/c1-3-14-40(15-4-1)41-28-32-46(33-29-41)60-62-59(45-17-5-2-6-18-45)63-61(64-60)49-20-13-19-48(38-49)51-36-34-43-16-7-8-21-50(43)58(51)44-30-26-42(27-31-44)47-35-37-56-54-24-10-9-22-52(54)53-23-11-12-25-55(53)57(56)39-47/h1-39H. The normalized spacial score (nSPS) is 11.4. The van der Waals surface area contributed by atoms with Gasteiger partial charge in [0.1, 0.15) is 0 Å². The van der Waals surface area contributed by atoms with E-state index in [1.54, 1.807) is 0 Å². The minimum absolute atomic E-state index is 0.626. The fraction of sp³-hybridized carbons (Fsp3) is 0. The number of rotatable bonds is 7. The summed E-state index contributed by atoms with van der Waals surface area (Å²) in [5.74, 6) is 1.89. The molecule has 0 bridgehead atoms. The Labute approximate surface area is 371 Å². The van der Waals surface area contributed by atoms with Crippen LogP contribution in [0, 0.1) is 0 Å². The summed E-state index contributed by atoms with van der Waals surface area (Å²) in [5, 5.41) is 10.1. The highest BCUT2D eigenvalue weighted by molar-refractivity contribution is 6.25. The number of hydrogen-bond donors (Lipinski definition) is 0. The van der Waals surface area contributed by atoms with Crippen molar-refractivity contribution in [2.75, 3.05) is 0 Å². The lowest BCUT2D eigenvalue weighted by molar-refractivity contribution is 1.07. The Morgan fingerprint density at radius 1 is 0.203 bits per heavy atom. The highest BCUT2D eigenvalue weighted by Crippen LogP contribution is 2.41. The average molecular weight is 814 g/mol. The van der Waals surface area contributed by atoms with Crippen molar-refractivity contribution in [1.29, 1.82) is 0 Å². The van der Waals surface area contributed by atoms with E-state index in [2.05, 4.69) is 200 Å². The summed E-state index contributed by atoms with van der Waals surface area (Å²) in [6.45, 7) is 0. The van der Waals surface area contributed by atoms with Gasteiger partial charge in [-0.05, 0) is 99.7 Å². The topological polar surface area (TPSA) is 38.7 Å². The molecule has 3 nitrogen and oxygen atoms in total. The molecular weight excluding hydrogens is 775 g/mol. The highest BCUT2D eigenvalue weighted by Gasteiger charge is 2.17. The van der Waals surface area contributed by atoms with Gasteiger partial charge >= 0.3 is 0 Å². The number of nitrogens with zero attached hydrogens (tertiary/aromatic N) is 3. The maximum absolute atomic E-state index is 5.13. The van der Waals surface area contributed by atoms with Gasteiger partial charge in [-0.1, -0.05) is 224 Å². The predicted octanol–water partition coefficient (Wildman–Crippen LogP) is 16.2. The first-order chi connectivity index (χ1) is 31.7. The third-order valence-electron chi connectivity index (χ3n) is 12.5. The average Bonchev–Trinajstić information content (AvgIpc) is 3.39. The summed E-state index contributed by atoms with van der Waals surface area (Å²) in [6, 6.07) is 84.4. The lowest BCUT2D eigenvalue weighted by atomic mass is 9.88. The zero-order chi connectivity index (χ0) is 42.4. The minimum atomic E-state index is 0.626. The van der Waals surface area contributed by atoms with E-state index in [1.165, 1.54) is 65.3 Å². The van der Waals surface area contributed by atoms with E-state index < -0.39 is 0 Å². The Morgan fingerprint density at radius 3 is 1.25 bits per heavy atom. The van der Waals surface area contributed by atoms with Crippen LogP contribution in [0.4, 0.5) is 0 Å². The van der Waals surface area contributed by atoms with E-state index in [9.17, 15) is 0 Å². The van der Waals surface area contributed by atoms with Crippen LogP contribution in [0.2, 0.25) is 0 Å². The van der Waals surface area contributed by atoms with Crippen LogP contribution in [0.25, 0.3) is 122 Å². The van der Waals surface area contributed by atoms with Crippen molar-refractivity contribution in [3.63, 3.8) is 0 Å². The summed E-state index contributed by atoms with van der Waals surface area (Å²) in [5.41, 5.74) is 12.1. The van der Waals surface area contributed by atoms with E-state index in [0.29, 0.717) is 17.5 Å². The number of benzene rings is 11. The smallest absolute Gasteiger partial charge is 0.164 e. The van der Waals surface area contributed by atoms with Gasteiger partial charge in [-0.2, -0.15) is 0 Å². The summed E-state index contributed by atoms with van der Waals surface area (Å²) in [7, 11) is 0. The van der Waals surface area contributed by atoms with Crippen molar-refractivity contribution >= 4 is 43.1 Å². The van der Waals surface area contributed by atoms with Crippen LogP contribution in [0.15, 0.2) is 237 Å². The van der Waals surface area contributed by atoms with E-state index in [4.69, 9.17) is 15.0 Å². The fourth-order valence-corrected chi connectivity index (χ4v) is 9.36. The summed E-state index contributed by atoms with van der Waals surface area (Å²) < 4.78 is 0. The van der Waals surface area contributed by atoms with Crippen molar-refractivity contribution in [3.8, 4) is 78.7 Å². The Bertz CT molecular complexity index is 3660. The third-order valence-corrected chi connectivity index (χ3v) is 12.5. The molecule has 12 rings (SSSR count). The molecule has 0 spiro atoms. The monoisotopic (exact) mass is 813 g/mol. The molecule has 0 fully saturated rings. The van der Waals surface area contributed by atoms with Crippen molar-refractivity contribution in [2.24, 2.45) is 0 Å². The molecule has 11 aromatic carbocycles. The van der Waals surface area contributed by atoms with E-state index >= 15 is 0 Å². The van der Waals surface area contributed by atoms with Gasteiger partial charge in [-0.3, -0.25) is 0 Å². The van der Waals surface area contributed by atoms with Crippen LogP contribution in [0.3, 0.4) is 0 Å². The van der Waals surface area contributed by atoms with Gasteiger partial charge in [0.05, 0.1) is 0 Å². The first-order valence-electron chi connectivity index (χ1n) is 21.8. The zero-order valence-electron chi connectivity index (χ0n) is 34.9. The first-order valence-corrected chi connectivity index (χ1v) is 21.8. The van der Waals surface area contributed by atoms with Crippen LogP contribution in [-0.4, -0.2) is 15.0 Å². The van der Waals surface area contributed by atoms with Gasteiger partial charge in [0.15, 0.2) is 17.5 Å². The van der Waals surface area contributed by atoms with E-state index in [0.717, 1.165) is 38.9 Å². The maximum Gasteiger partial charge on any atom is 0.164 e. The molecule has 0 saturated carbocycles. The molecule has 0 aliphatic heterocycles. The number of fused-ring (bicyclic) bond motifs is 7. The molecule has 1 heterocycles. The molecule has 0 radical (unpaired) electrons. The van der Waals surface area contributed by atoms with Crippen molar-refractivity contribution < 1.29 is 0 Å². The Morgan fingerprint density at radius 2 is 0.609 bits per heavy atom. The maximum atomic E-state index is 5.13. The van der Waals surface area contributed by atoms with Crippen LogP contribution in [0.5, 0.6) is 0 Å². The Balaban J connectivity index is 0.949. The highest BCUT2D eigenvalue weighted by atomic mass is 15.0. The molecular formula is C61H39N3. The molecule has 0 saturated heterocycles. The molecule has 12 aromatic rings. The predicted molar refractivity (Wildman–Crippen MR) is 268 cm³/mol. The van der Waals surface area contributed by atoms with Crippen LogP contribution >= 0.6 is 0 Å². The van der Waals surface area contributed by atoms with Crippen molar-refractivity contribution in [2.45, 2.75) is 0 Å². The molecule has 0 aliphatic carbocycles. The first kappa shape index (κ1) is 37.2. The molecule has 0 N–H and O–H groups in total. The molecule has 3 heteroatoms. The number of hydrogen-bond acceptors (Lipinski definition) is 3. The lowest BCUT2D eigenvalue weighted by Crippen LogP contribution is -2.00. The van der Waals surface area contributed by atoms with E-state index in [-0.39, 0.29) is 0 Å². The van der Waals surface area contributed by atoms with Crippen LogP contribution < -0.4 is 0 Å². The second kappa shape index (κ2) is 15.7.